The maximum atomic E-state index is 14.0. The molecule has 0 unspecified atom stereocenters. The standard InChI is InChI=1S/C33H37F4N5O5S2/c1-49(45,46)41-17-11-27-26(20-41)30(22-3-5-23(6-4-22)33(35,36)37)39-42(27)14-2-13-40-15-9-21(10-16-40)29-25-8-7-24(34)19-28(25)48-31(29)47-32(44)38-12-18-43/h3-8,19,21,43H,2,9-18,20H2,1H3,(H,38,44). The number of amides is 1. The number of hydrogen-bond acceptors (Lipinski definition) is 8. The fourth-order valence-corrected chi connectivity index (χ4v) is 8.63. The molecule has 0 aliphatic carbocycles. The van der Waals surface area contributed by atoms with E-state index in [4.69, 9.17) is 14.9 Å². The number of aromatic nitrogens is 2. The highest BCUT2D eigenvalue weighted by atomic mass is 32.2. The average molecular weight is 724 g/mol. The third-order valence-corrected chi connectivity index (χ3v) is 11.4. The number of alkyl halides is 3. The van der Waals surface area contributed by atoms with Gasteiger partial charge in [0.1, 0.15) is 5.82 Å². The second kappa shape index (κ2) is 14.3. The van der Waals surface area contributed by atoms with Crippen LogP contribution in [0.25, 0.3) is 21.3 Å². The highest BCUT2D eigenvalue weighted by Crippen LogP contribution is 2.45. The van der Waals surface area contributed by atoms with Crippen LogP contribution in [0.3, 0.4) is 0 Å². The molecule has 4 aromatic rings. The number of aliphatic hydroxyl groups excluding tert-OH is 1. The van der Waals surface area contributed by atoms with Gasteiger partial charge in [0.05, 0.1) is 24.1 Å². The molecule has 49 heavy (non-hydrogen) atoms. The number of halogens is 4. The van der Waals surface area contributed by atoms with Gasteiger partial charge in [0.25, 0.3) is 0 Å². The van der Waals surface area contributed by atoms with Crippen molar-refractivity contribution < 1.29 is 40.6 Å². The summed E-state index contributed by atoms with van der Waals surface area (Å²) in [5, 5.41) is 17.6. The highest BCUT2D eigenvalue weighted by Gasteiger charge is 2.33. The van der Waals surface area contributed by atoms with Crippen molar-refractivity contribution in [2.75, 3.05) is 45.6 Å². The Balaban J connectivity index is 1.13. The summed E-state index contributed by atoms with van der Waals surface area (Å²) >= 11 is 1.23. The summed E-state index contributed by atoms with van der Waals surface area (Å²) in [6.07, 6.45) is -1.20. The first kappa shape index (κ1) is 35.3. The average Bonchev–Trinajstić information content (AvgIpc) is 3.60. The van der Waals surface area contributed by atoms with Crippen LogP contribution in [0, 0.1) is 5.82 Å². The number of carbonyl (C=O) groups is 1. The van der Waals surface area contributed by atoms with Gasteiger partial charge in [-0.2, -0.15) is 22.6 Å². The van der Waals surface area contributed by atoms with Crippen LogP contribution in [0.15, 0.2) is 42.5 Å². The second-order valence-corrected chi connectivity index (χ2v) is 15.4. The van der Waals surface area contributed by atoms with E-state index in [2.05, 4.69) is 10.2 Å². The summed E-state index contributed by atoms with van der Waals surface area (Å²) < 4.78 is 87.9. The van der Waals surface area contributed by atoms with Crippen LogP contribution in [-0.2, 0) is 35.7 Å². The number of nitrogens with one attached hydrogen (secondary N) is 1. The van der Waals surface area contributed by atoms with Crippen molar-refractivity contribution in [2.24, 2.45) is 0 Å². The van der Waals surface area contributed by atoms with Crippen LogP contribution in [0.5, 0.6) is 5.06 Å². The van der Waals surface area contributed by atoms with Crippen molar-refractivity contribution >= 4 is 37.5 Å². The molecule has 0 radical (unpaired) electrons. The molecule has 16 heteroatoms. The van der Waals surface area contributed by atoms with Gasteiger partial charge in [-0.3, -0.25) is 4.68 Å². The zero-order valence-corrected chi connectivity index (χ0v) is 28.4. The van der Waals surface area contributed by atoms with Gasteiger partial charge >= 0.3 is 12.3 Å². The number of piperidine rings is 1. The van der Waals surface area contributed by atoms with Crippen LogP contribution in [0.2, 0.25) is 0 Å². The maximum Gasteiger partial charge on any atom is 0.416 e. The van der Waals surface area contributed by atoms with Crippen molar-refractivity contribution in [2.45, 2.75) is 50.9 Å². The van der Waals surface area contributed by atoms with E-state index >= 15 is 0 Å². The van der Waals surface area contributed by atoms with Crippen molar-refractivity contribution in [1.29, 1.82) is 0 Å². The molecule has 1 saturated heterocycles. The van der Waals surface area contributed by atoms with E-state index < -0.39 is 27.9 Å². The van der Waals surface area contributed by atoms with Gasteiger partial charge in [-0.15, -0.1) is 0 Å². The zero-order valence-electron chi connectivity index (χ0n) is 26.8. The van der Waals surface area contributed by atoms with E-state index in [-0.39, 0.29) is 31.4 Å². The number of aliphatic hydroxyl groups is 1. The van der Waals surface area contributed by atoms with Crippen LogP contribution < -0.4 is 10.1 Å². The minimum absolute atomic E-state index is 0.0584. The normalized spacial score (nSPS) is 16.6. The van der Waals surface area contributed by atoms with Crippen LogP contribution >= 0.6 is 11.3 Å². The SMILES string of the molecule is CS(=O)(=O)N1CCc2c(c(-c3ccc(C(F)(F)F)cc3)nn2CCCN2CCC(c3c(OC(=O)NCCO)sc4cc(F)ccc34)CC2)C1. The topological polar surface area (TPSA) is 117 Å². The Morgan fingerprint density at radius 1 is 1.10 bits per heavy atom. The summed E-state index contributed by atoms with van der Waals surface area (Å²) in [4.78, 5) is 14.7. The molecule has 1 amide bonds. The zero-order chi connectivity index (χ0) is 34.9. The molecule has 2 aromatic carbocycles. The molecule has 2 N–H and O–H groups in total. The highest BCUT2D eigenvalue weighted by molar-refractivity contribution is 7.88. The van der Waals surface area contributed by atoms with Gasteiger partial charge in [-0.05, 0) is 69.1 Å². The van der Waals surface area contributed by atoms with Gasteiger partial charge in [0, 0.05) is 65.1 Å². The minimum Gasteiger partial charge on any atom is -0.399 e. The summed E-state index contributed by atoms with van der Waals surface area (Å²) in [5.41, 5.74) is 2.72. The Hall–Kier alpha value is -3.57. The van der Waals surface area contributed by atoms with Gasteiger partial charge in [-0.25, -0.2) is 17.6 Å². The summed E-state index contributed by atoms with van der Waals surface area (Å²) in [6, 6.07) is 9.35. The molecular formula is C33H37F4N5O5S2. The lowest BCUT2D eigenvalue weighted by molar-refractivity contribution is -0.137. The lowest BCUT2D eigenvalue weighted by Gasteiger charge is -2.32. The number of benzene rings is 2. The van der Waals surface area contributed by atoms with Gasteiger partial charge in [0.15, 0.2) is 5.06 Å². The summed E-state index contributed by atoms with van der Waals surface area (Å²) in [6.45, 7) is 3.16. The summed E-state index contributed by atoms with van der Waals surface area (Å²) in [7, 11) is -3.48. The third kappa shape index (κ3) is 7.93. The van der Waals surface area contributed by atoms with E-state index in [0.29, 0.717) is 46.1 Å². The number of rotatable bonds is 10. The molecule has 0 atom stereocenters. The number of thiophene rings is 1. The van der Waals surface area contributed by atoms with Crippen molar-refractivity contribution in [3.05, 3.63) is 70.7 Å². The summed E-state index contributed by atoms with van der Waals surface area (Å²) in [5.74, 6) is -0.276. The van der Waals surface area contributed by atoms with Crippen molar-refractivity contribution in [3.63, 3.8) is 0 Å². The second-order valence-electron chi connectivity index (χ2n) is 12.4. The third-order valence-electron chi connectivity index (χ3n) is 9.12. The van der Waals surface area contributed by atoms with E-state index in [1.165, 1.54) is 39.9 Å². The first-order chi connectivity index (χ1) is 23.3. The number of sulfonamides is 1. The van der Waals surface area contributed by atoms with E-state index in [1.807, 2.05) is 4.68 Å². The number of likely N-dealkylation sites (tertiary alicyclic amines) is 1. The molecule has 10 nitrogen and oxygen atoms in total. The molecule has 264 valence electrons. The maximum absolute atomic E-state index is 14.0. The van der Waals surface area contributed by atoms with Gasteiger partial charge in [-0.1, -0.05) is 29.5 Å². The number of fused-ring (bicyclic) bond motifs is 2. The van der Waals surface area contributed by atoms with E-state index in [9.17, 15) is 30.8 Å². The molecular weight excluding hydrogens is 687 g/mol. The molecule has 0 spiro atoms. The Bertz CT molecular complexity index is 1920. The fraction of sp³-hybridized carbons (Fsp3) is 0.455. The van der Waals surface area contributed by atoms with Gasteiger partial charge < -0.3 is 20.1 Å². The van der Waals surface area contributed by atoms with E-state index in [1.54, 1.807) is 6.07 Å². The lowest BCUT2D eigenvalue weighted by atomic mass is 9.88. The van der Waals surface area contributed by atoms with Crippen LogP contribution in [0.4, 0.5) is 22.4 Å². The first-order valence-electron chi connectivity index (χ1n) is 16.0. The van der Waals surface area contributed by atoms with Gasteiger partial charge in [0.2, 0.25) is 10.0 Å². The number of nitrogens with zero attached hydrogens (tertiary/aromatic N) is 4. The molecule has 2 aromatic heterocycles. The smallest absolute Gasteiger partial charge is 0.399 e. The number of aryl methyl sites for hydroxylation is 1. The molecule has 0 saturated carbocycles. The number of ether oxygens (including phenoxy) is 1. The largest absolute Gasteiger partial charge is 0.416 e. The monoisotopic (exact) mass is 723 g/mol. The molecule has 6 rings (SSSR count). The number of hydrogen-bond donors (Lipinski definition) is 2. The molecule has 2 aliphatic rings. The van der Waals surface area contributed by atoms with Crippen LogP contribution in [-0.4, -0.2) is 84.2 Å². The predicted molar refractivity (Wildman–Crippen MR) is 178 cm³/mol. The Morgan fingerprint density at radius 3 is 2.51 bits per heavy atom. The Kier molecular flexibility index (Phi) is 10.3. The first-order valence-corrected chi connectivity index (χ1v) is 18.7. The molecule has 2 aliphatic heterocycles. The fourth-order valence-electron chi connectivity index (χ4n) is 6.68. The Morgan fingerprint density at radius 2 is 1.84 bits per heavy atom. The molecule has 0 bridgehead atoms. The molecule has 4 heterocycles. The lowest BCUT2D eigenvalue weighted by Crippen LogP contribution is -2.36. The molecule has 1 fully saturated rings. The van der Waals surface area contributed by atoms with E-state index in [0.717, 1.165) is 73.9 Å². The van der Waals surface area contributed by atoms with Crippen molar-refractivity contribution in [3.8, 4) is 16.3 Å². The predicted octanol–water partition coefficient (Wildman–Crippen LogP) is 5.59. The Labute approximate surface area is 285 Å². The quantitative estimate of drug-likeness (QED) is 0.205. The minimum atomic E-state index is -4.47. The number of carbonyl (C=O) groups excluding carboxylic acids is 1. The van der Waals surface area contributed by atoms with Crippen LogP contribution in [0.1, 0.15) is 47.6 Å². The van der Waals surface area contributed by atoms with Crippen molar-refractivity contribution in [1.82, 2.24) is 24.3 Å².